The van der Waals surface area contributed by atoms with Crippen LogP contribution in [0, 0.1) is 5.92 Å². The maximum atomic E-state index is 12.7. The van der Waals surface area contributed by atoms with E-state index in [4.69, 9.17) is 0 Å². The van der Waals surface area contributed by atoms with Crippen molar-refractivity contribution in [3.63, 3.8) is 0 Å². The Morgan fingerprint density at radius 2 is 2.17 bits per heavy atom. The highest BCUT2D eigenvalue weighted by atomic mass is 19.4. The number of halogens is 3. The van der Waals surface area contributed by atoms with Gasteiger partial charge in [-0.15, -0.1) is 0 Å². The summed E-state index contributed by atoms with van der Waals surface area (Å²) in [6.45, 7) is 4.69. The fraction of sp³-hybridized carbons (Fsp3) is 0.588. The number of nitrogens with one attached hydrogen (secondary N) is 2. The highest BCUT2D eigenvalue weighted by Gasteiger charge is 2.30. The zero-order valence-electron chi connectivity index (χ0n) is 13.4. The quantitative estimate of drug-likeness (QED) is 0.891. The standard InChI is InChI=1S/C17H23F3N2O/c1-11(16(23)22-15-6-7-21-12(2)9-15)8-13-4-3-5-14(10-13)17(18,19)20/h3-5,10-12,15,21H,6-9H2,1-2H3,(H,22,23). The minimum Gasteiger partial charge on any atom is -0.353 e. The summed E-state index contributed by atoms with van der Waals surface area (Å²) in [7, 11) is 0. The maximum Gasteiger partial charge on any atom is 0.416 e. The molecule has 3 unspecified atom stereocenters. The van der Waals surface area contributed by atoms with Crippen LogP contribution in [-0.2, 0) is 17.4 Å². The third kappa shape index (κ3) is 5.23. The average Bonchev–Trinajstić information content (AvgIpc) is 2.46. The summed E-state index contributed by atoms with van der Waals surface area (Å²) in [5, 5.41) is 6.33. The van der Waals surface area contributed by atoms with Crippen LogP contribution in [0.3, 0.4) is 0 Å². The predicted molar refractivity (Wildman–Crippen MR) is 82.9 cm³/mol. The van der Waals surface area contributed by atoms with E-state index in [-0.39, 0.29) is 17.9 Å². The molecule has 1 heterocycles. The van der Waals surface area contributed by atoms with Gasteiger partial charge in [-0.05, 0) is 44.4 Å². The summed E-state index contributed by atoms with van der Waals surface area (Å²) < 4.78 is 38.2. The van der Waals surface area contributed by atoms with Crippen molar-refractivity contribution in [3.05, 3.63) is 35.4 Å². The Morgan fingerprint density at radius 3 is 2.83 bits per heavy atom. The molecule has 3 nitrogen and oxygen atoms in total. The smallest absolute Gasteiger partial charge is 0.353 e. The van der Waals surface area contributed by atoms with Crippen molar-refractivity contribution in [3.8, 4) is 0 Å². The van der Waals surface area contributed by atoms with E-state index in [2.05, 4.69) is 17.6 Å². The van der Waals surface area contributed by atoms with E-state index in [1.165, 1.54) is 6.07 Å². The Kier molecular flexibility index (Phi) is 5.68. The average molecular weight is 328 g/mol. The van der Waals surface area contributed by atoms with Crippen LogP contribution in [0.15, 0.2) is 24.3 Å². The fourth-order valence-electron chi connectivity index (χ4n) is 2.93. The van der Waals surface area contributed by atoms with Gasteiger partial charge in [-0.3, -0.25) is 4.79 Å². The predicted octanol–water partition coefficient (Wildman–Crippen LogP) is 3.14. The molecule has 2 N–H and O–H groups in total. The molecule has 1 fully saturated rings. The Bertz CT molecular complexity index is 545. The lowest BCUT2D eigenvalue weighted by Crippen LogP contribution is -2.48. The Hall–Kier alpha value is -1.56. The number of carbonyl (C=O) groups excluding carboxylic acids is 1. The first-order valence-corrected chi connectivity index (χ1v) is 7.95. The molecule has 1 saturated heterocycles. The molecule has 1 aliphatic heterocycles. The molecule has 128 valence electrons. The number of amides is 1. The molecular formula is C17H23F3N2O. The zero-order chi connectivity index (χ0) is 17.0. The lowest BCUT2D eigenvalue weighted by Gasteiger charge is -2.29. The number of hydrogen-bond donors (Lipinski definition) is 2. The fourth-order valence-corrected chi connectivity index (χ4v) is 2.93. The number of benzene rings is 1. The summed E-state index contributed by atoms with van der Waals surface area (Å²) >= 11 is 0. The molecule has 2 rings (SSSR count). The molecule has 1 aliphatic rings. The first-order chi connectivity index (χ1) is 10.8. The van der Waals surface area contributed by atoms with Gasteiger partial charge in [0.2, 0.25) is 5.91 Å². The van der Waals surface area contributed by atoms with Crippen LogP contribution in [-0.4, -0.2) is 24.5 Å². The molecule has 1 aromatic carbocycles. The van der Waals surface area contributed by atoms with Gasteiger partial charge in [-0.1, -0.05) is 25.1 Å². The Balaban J connectivity index is 1.93. The van der Waals surface area contributed by atoms with Crippen molar-refractivity contribution in [1.29, 1.82) is 0 Å². The Labute approximate surface area is 134 Å². The van der Waals surface area contributed by atoms with Crippen molar-refractivity contribution in [2.45, 2.75) is 51.4 Å². The van der Waals surface area contributed by atoms with E-state index in [0.717, 1.165) is 31.5 Å². The van der Waals surface area contributed by atoms with Crippen LogP contribution in [0.1, 0.15) is 37.8 Å². The van der Waals surface area contributed by atoms with E-state index < -0.39 is 11.7 Å². The minimum atomic E-state index is -4.35. The van der Waals surface area contributed by atoms with E-state index in [1.54, 1.807) is 13.0 Å². The van der Waals surface area contributed by atoms with Crippen LogP contribution in [0.25, 0.3) is 0 Å². The topological polar surface area (TPSA) is 41.1 Å². The molecule has 23 heavy (non-hydrogen) atoms. The maximum absolute atomic E-state index is 12.7. The highest BCUT2D eigenvalue weighted by Crippen LogP contribution is 2.30. The van der Waals surface area contributed by atoms with E-state index in [1.807, 2.05) is 0 Å². The lowest BCUT2D eigenvalue weighted by atomic mass is 9.96. The van der Waals surface area contributed by atoms with Crippen LogP contribution in [0.2, 0.25) is 0 Å². The Morgan fingerprint density at radius 1 is 1.43 bits per heavy atom. The van der Waals surface area contributed by atoms with Crippen molar-refractivity contribution in [1.82, 2.24) is 10.6 Å². The molecule has 0 spiro atoms. The molecule has 3 atom stereocenters. The number of rotatable bonds is 4. The molecule has 0 radical (unpaired) electrons. The molecule has 0 aromatic heterocycles. The molecule has 1 aromatic rings. The van der Waals surface area contributed by atoms with Gasteiger partial charge >= 0.3 is 6.18 Å². The van der Waals surface area contributed by atoms with Crippen LogP contribution >= 0.6 is 0 Å². The summed E-state index contributed by atoms with van der Waals surface area (Å²) in [4.78, 5) is 12.3. The summed E-state index contributed by atoms with van der Waals surface area (Å²) in [5.41, 5.74) is -0.143. The molecule has 6 heteroatoms. The minimum absolute atomic E-state index is 0.0958. The molecule has 0 saturated carbocycles. The van der Waals surface area contributed by atoms with Gasteiger partial charge in [0.25, 0.3) is 0 Å². The third-order valence-electron chi connectivity index (χ3n) is 4.21. The van der Waals surface area contributed by atoms with Crippen molar-refractivity contribution < 1.29 is 18.0 Å². The van der Waals surface area contributed by atoms with Crippen LogP contribution < -0.4 is 10.6 Å². The number of alkyl halides is 3. The monoisotopic (exact) mass is 328 g/mol. The van der Waals surface area contributed by atoms with E-state index in [0.29, 0.717) is 18.0 Å². The van der Waals surface area contributed by atoms with Gasteiger partial charge in [0.15, 0.2) is 0 Å². The van der Waals surface area contributed by atoms with Gasteiger partial charge in [0, 0.05) is 18.0 Å². The van der Waals surface area contributed by atoms with Gasteiger partial charge < -0.3 is 10.6 Å². The zero-order valence-corrected chi connectivity index (χ0v) is 13.4. The van der Waals surface area contributed by atoms with Gasteiger partial charge in [-0.25, -0.2) is 0 Å². The van der Waals surface area contributed by atoms with Crippen LogP contribution in [0.4, 0.5) is 13.2 Å². The summed E-state index contributed by atoms with van der Waals surface area (Å²) in [6, 6.07) is 5.69. The molecule has 0 aliphatic carbocycles. The molecule has 1 amide bonds. The van der Waals surface area contributed by atoms with E-state index >= 15 is 0 Å². The second-order valence-corrected chi connectivity index (χ2v) is 6.39. The third-order valence-corrected chi connectivity index (χ3v) is 4.21. The number of carbonyl (C=O) groups is 1. The molecular weight excluding hydrogens is 305 g/mol. The van der Waals surface area contributed by atoms with Gasteiger partial charge in [0.05, 0.1) is 5.56 Å². The van der Waals surface area contributed by atoms with E-state index in [9.17, 15) is 18.0 Å². The summed E-state index contributed by atoms with van der Waals surface area (Å²) in [5.74, 6) is -0.454. The number of hydrogen-bond acceptors (Lipinski definition) is 2. The molecule has 0 bridgehead atoms. The largest absolute Gasteiger partial charge is 0.416 e. The SMILES string of the molecule is CC1CC(NC(=O)C(C)Cc2cccc(C(F)(F)F)c2)CCN1. The van der Waals surface area contributed by atoms with Crippen molar-refractivity contribution in [2.24, 2.45) is 5.92 Å². The van der Waals surface area contributed by atoms with Gasteiger partial charge in [-0.2, -0.15) is 13.2 Å². The second-order valence-electron chi connectivity index (χ2n) is 6.39. The lowest BCUT2D eigenvalue weighted by molar-refractivity contribution is -0.137. The second kappa shape index (κ2) is 7.34. The van der Waals surface area contributed by atoms with Crippen molar-refractivity contribution in [2.75, 3.05) is 6.54 Å². The van der Waals surface area contributed by atoms with Gasteiger partial charge in [0.1, 0.15) is 0 Å². The first kappa shape index (κ1) is 17.8. The highest BCUT2D eigenvalue weighted by molar-refractivity contribution is 5.78. The van der Waals surface area contributed by atoms with Crippen LogP contribution in [0.5, 0.6) is 0 Å². The number of piperidine rings is 1. The first-order valence-electron chi connectivity index (χ1n) is 7.95. The normalized spacial score (nSPS) is 23.3. The summed E-state index contributed by atoms with van der Waals surface area (Å²) in [6.07, 6.45) is -2.29. The van der Waals surface area contributed by atoms with Crippen molar-refractivity contribution >= 4 is 5.91 Å².